The Bertz CT molecular complexity index is 1030. The van der Waals surface area contributed by atoms with E-state index in [4.69, 9.17) is 26.6 Å². The molecule has 1 aromatic heterocycles. The molecular formula is C26H31ClN4O2. The van der Waals surface area contributed by atoms with Crippen molar-refractivity contribution in [3.05, 3.63) is 52.2 Å². The number of nitrogens with zero attached hydrogens (tertiary/aromatic N) is 4. The van der Waals surface area contributed by atoms with Gasteiger partial charge in [-0.2, -0.15) is 5.26 Å². The molecule has 0 N–H and O–H groups in total. The van der Waals surface area contributed by atoms with E-state index < -0.39 is 0 Å². The lowest BCUT2D eigenvalue weighted by Crippen LogP contribution is -2.37. The van der Waals surface area contributed by atoms with E-state index in [2.05, 4.69) is 29.8 Å². The molecule has 2 heterocycles. The van der Waals surface area contributed by atoms with Crippen molar-refractivity contribution in [2.45, 2.75) is 57.7 Å². The first-order chi connectivity index (χ1) is 16.0. The molecule has 7 heteroatoms. The van der Waals surface area contributed by atoms with Crippen molar-refractivity contribution in [3.8, 4) is 11.8 Å². The van der Waals surface area contributed by atoms with Gasteiger partial charge in [0.1, 0.15) is 17.6 Å². The number of pyridine rings is 1. The third kappa shape index (κ3) is 5.66. The molecule has 4 rings (SSSR count). The van der Waals surface area contributed by atoms with Gasteiger partial charge >= 0.3 is 0 Å². The standard InChI is InChI=1S/C26H31ClN4O2/c1-18-11-12-31(15-18)26-10-4-20(17-32)25(29-26)16-30(2)21-5-8-22(9-6-21)33-23-7-3-19(14-28)24(27)13-23/h3-4,7,10,13,17-18,21-22H,5-6,8-9,11-12,15-16H2,1-2H3/t18-,21?,22?/m1/s1. The van der Waals surface area contributed by atoms with E-state index in [1.54, 1.807) is 12.1 Å². The van der Waals surface area contributed by atoms with Gasteiger partial charge in [-0.05, 0) is 69.3 Å². The van der Waals surface area contributed by atoms with Crippen molar-refractivity contribution in [1.82, 2.24) is 9.88 Å². The summed E-state index contributed by atoms with van der Waals surface area (Å²) in [4.78, 5) is 21.2. The van der Waals surface area contributed by atoms with Crippen molar-refractivity contribution in [2.24, 2.45) is 5.92 Å². The minimum absolute atomic E-state index is 0.141. The fourth-order valence-corrected chi connectivity index (χ4v) is 5.09. The van der Waals surface area contributed by atoms with Crippen LogP contribution in [0.25, 0.3) is 0 Å². The molecule has 1 aliphatic heterocycles. The van der Waals surface area contributed by atoms with Crippen molar-refractivity contribution in [1.29, 1.82) is 5.26 Å². The fourth-order valence-electron chi connectivity index (χ4n) is 4.88. The van der Waals surface area contributed by atoms with E-state index in [0.29, 0.717) is 40.4 Å². The lowest BCUT2D eigenvalue weighted by Gasteiger charge is -2.35. The summed E-state index contributed by atoms with van der Waals surface area (Å²) in [7, 11) is 2.12. The molecule has 0 spiro atoms. The smallest absolute Gasteiger partial charge is 0.151 e. The molecule has 0 bridgehead atoms. The normalized spacial score (nSPS) is 22.9. The van der Waals surface area contributed by atoms with Crippen LogP contribution in [0, 0.1) is 17.2 Å². The summed E-state index contributed by atoms with van der Waals surface area (Å²) >= 11 is 6.13. The maximum Gasteiger partial charge on any atom is 0.151 e. The summed E-state index contributed by atoms with van der Waals surface area (Å²) in [5, 5.41) is 9.45. The first kappa shape index (κ1) is 23.5. The Balaban J connectivity index is 1.34. The highest BCUT2D eigenvalue weighted by molar-refractivity contribution is 6.31. The van der Waals surface area contributed by atoms with Crippen LogP contribution in [0.2, 0.25) is 5.02 Å². The number of hydrogen-bond donors (Lipinski definition) is 0. The van der Waals surface area contributed by atoms with Crippen LogP contribution in [0.4, 0.5) is 5.82 Å². The topological polar surface area (TPSA) is 69.5 Å². The van der Waals surface area contributed by atoms with E-state index in [9.17, 15) is 4.79 Å². The van der Waals surface area contributed by atoms with Crippen LogP contribution >= 0.6 is 11.6 Å². The zero-order chi connectivity index (χ0) is 23.4. The summed E-state index contributed by atoms with van der Waals surface area (Å²) in [6.45, 7) is 4.98. The van der Waals surface area contributed by atoms with Gasteiger partial charge in [-0.15, -0.1) is 0 Å². The predicted octanol–water partition coefficient (Wildman–Crippen LogP) is 5.09. The molecule has 174 valence electrons. The highest BCUT2D eigenvalue weighted by Crippen LogP contribution is 2.30. The van der Waals surface area contributed by atoms with E-state index in [0.717, 1.165) is 56.6 Å². The maximum atomic E-state index is 11.6. The minimum atomic E-state index is 0.141. The van der Waals surface area contributed by atoms with Crippen LogP contribution in [-0.2, 0) is 6.54 Å². The summed E-state index contributed by atoms with van der Waals surface area (Å²) in [6, 6.07) is 11.6. The van der Waals surface area contributed by atoms with Crippen LogP contribution in [0.5, 0.6) is 5.75 Å². The third-order valence-corrected chi connectivity index (χ3v) is 7.21. The van der Waals surface area contributed by atoms with Gasteiger partial charge in [0.05, 0.1) is 22.4 Å². The predicted molar refractivity (Wildman–Crippen MR) is 130 cm³/mol. The number of nitriles is 1. The van der Waals surface area contributed by atoms with Gasteiger partial charge in [0.15, 0.2) is 6.29 Å². The molecule has 1 saturated heterocycles. The Morgan fingerprint density at radius 3 is 2.67 bits per heavy atom. The SMILES string of the molecule is C[C@@H]1CCN(c2ccc(C=O)c(CN(C)C3CCC(Oc4ccc(C#N)c(Cl)c4)CC3)n2)C1. The minimum Gasteiger partial charge on any atom is -0.490 e. The second kappa shape index (κ2) is 10.5. The summed E-state index contributed by atoms with van der Waals surface area (Å²) in [5.41, 5.74) is 1.99. The molecule has 2 aromatic rings. The Morgan fingerprint density at radius 1 is 1.24 bits per heavy atom. The average Bonchev–Trinajstić information content (AvgIpc) is 3.26. The van der Waals surface area contributed by atoms with Crippen LogP contribution in [0.1, 0.15) is 60.6 Å². The number of aromatic nitrogens is 1. The number of ether oxygens (including phenoxy) is 1. The number of hydrogen-bond acceptors (Lipinski definition) is 6. The van der Waals surface area contributed by atoms with Gasteiger partial charge < -0.3 is 9.64 Å². The second-order valence-corrected chi connectivity index (χ2v) is 9.79. The number of benzene rings is 1. The summed E-state index contributed by atoms with van der Waals surface area (Å²) in [5.74, 6) is 2.37. The number of carbonyl (C=O) groups excluding carboxylic acids is 1. The Hall–Kier alpha value is -2.62. The molecule has 2 fully saturated rings. The molecule has 2 aliphatic rings. The molecule has 0 amide bonds. The molecule has 1 atom stereocenters. The number of aldehydes is 1. The molecule has 6 nitrogen and oxygen atoms in total. The zero-order valence-corrected chi connectivity index (χ0v) is 20.1. The van der Waals surface area contributed by atoms with Crippen LogP contribution in [0.3, 0.4) is 0 Å². The third-order valence-electron chi connectivity index (χ3n) is 6.90. The van der Waals surface area contributed by atoms with E-state index >= 15 is 0 Å². The molecule has 1 saturated carbocycles. The van der Waals surface area contributed by atoms with Gasteiger partial charge in [-0.1, -0.05) is 18.5 Å². The quantitative estimate of drug-likeness (QED) is 0.529. The van der Waals surface area contributed by atoms with Gasteiger partial charge in [-0.25, -0.2) is 4.98 Å². The van der Waals surface area contributed by atoms with Gasteiger partial charge in [-0.3, -0.25) is 9.69 Å². The van der Waals surface area contributed by atoms with E-state index in [1.165, 1.54) is 6.42 Å². The molecular weight excluding hydrogens is 436 g/mol. The van der Waals surface area contributed by atoms with Crippen LogP contribution in [-0.4, -0.2) is 48.5 Å². The molecule has 33 heavy (non-hydrogen) atoms. The first-order valence-electron chi connectivity index (χ1n) is 11.7. The fraction of sp³-hybridized carbons (Fsp3) is 0.500. The van der Waals surface area contributed by atoms with E-state index in [-0.39, 0.29) is 6.10 Å². The van der Waals surface area contributed by atoms with Crippen molar-refractivity contribution >= 4 is 23.7 Å². The van der Waals surface area contributed by atoms with Crippen molar-refractivity contribution in [2.75, 3.05) is 25.0 Å². The number of halogens is 1. The molecule has 1 aromatic carbocycles. The molecule has 0 radical (unpaired) electrons. The summed E-state index contributed by atoms with van der Waals surface area (Å²) < 4.78 is 6.12. The monoisotopic (exact) mass is 466 g/mol. The van der Waals surface area contributed by atoms with Crippen LogP contribution < -0.4 is 9.64 Å². The highest BCUT2D eigenvalue weighted by atomic mass is 35.5. The van der Waals surface area contributed by atoms with Crippen molar-refractivity contribution in [3.63, 3.8) is 0 Å². The maximum absolute atomic E-state index is 11.6. The molecule has 1 aliphatic carbocycles. The lowest BCUT2D eigenvalue weighted by atomic mass is 9.92. The highest BCUT2D eigenvalue weighted by Gasteiger charge is 2.27. The number of rotatable bonds is 7. The zero-order valence-electron chi connectivity index (χ0n) is 19.3. The van der Waals surface area contributed by atoms with Crippen LogP contribution in [0.15, 0.2) is 30.3 Å². The van der Waals surface area contributed by atoms with E-state index in [1.807, 2.05) is 18.2 Å². The Labute approximate surface area is 201 Å². The van der Waals surface area contributed by atoms with Gasteiger partial charge in [0, 0.05) is 37.3 Å². The second-order valence-electron chi connectivity index (χ2n) is 9.38. The summed E-state index contributed by atoms with van der Waals surface area (Å²) in [6.07, 6.45) is 6.18. The van der Waals surface area contributed by atoms with Gasteiger partial charge in [0.2, 0.25) is 0 Å². The number of anilines is 1. The van der Waals surface area contributed by atoms with Gasteiger partial charge in [0.25, 0.3) is 0 Å². The largest absolute Gasteiger partial charge is 0.490 e. The first-order valence-corrected chi connectivity index (χ1v) is 12.1. The van der Waals surface area contributed by atoms with Crippen molar-refractivity contribution < 1.29 is 9.53 Å². The lowest BCUT2D eigenvalue weighted by molar-refractivity contribution is 0.0969. The Kier molecular flexibility index (Phi) is 7.52. The number of carbonyl (C=O) groups is 1. The Morgan fingerprint density at radius 2 is 2.03 bits per heavy atom. The average molecular weight is 467 g/mol. The molecule has 0 unspecified atom stereocenters.